The van der Waals surface area contributed by atoms with Gasteiger partial charge in [0.15, 0.2) is 0 Å². The molecular formula is C15H21NO4. The van der Waals surface area contributed by atoms with Crippen LogP contribution in [0.2, 0.25) is 0 Å². The highest BCUT2D eigenvalue weighted by Gasteiger charge is 2.60. The van der Waals surface area contributed by atoms with Crippen LogP contribution in [0.15, 0.2) is 30.3 Å². The topological polar surface area (TPSA) is 78.8 Å². The van der Waals surface area contributed by atoms with E-state index in [9.17, 15) is 15.0 Å². The largest absolute Gasteiger partial charge is 0.445 e. The van der Waals surface area contributed by atoms with E-state index in [4.69, 9.17) is 4.74 Å². The van der Waals surface area contributed by atoms with Crippen LogP contribution in [0.5, 0.6) is 0 Å². The first-order valence-corrected chi connectivity index (χ1v) is 6.69. The van der Waals surface area contributed by atoms with E-state index in [0.717, 1.165) is 5.56 Å². The Labute approximate surface area is 118 Å². The van der Waals surface area contributed by atoms with Crippen molar-refractivity contribution in [3.63, 3.8) is 0 Å². The summed E-state index contributed by atoms with van der Waals surface area (Å²) in [4.78, 5) is 11.9. The zero-order chi connectivity index (χ0) is 14.8. The van der Waals surface area contributed by atoms with Crippen LogP contribution in [0.3, 0.4) is 0 Å². The second-order valence-corrected chi connectivity index (χ2v) is 5.87. The Morgan fingerprint density at radius 2 is 2.05 bits per heavy atom. The van der Waals surface area contributed by atoms with Crippen molar-refractivity contribution in [2.45, 2.75) is 38.5 Å². The van der Waals surface area contributed by atoms with E-state index in [1.165, 1.54) is 0 Å². The number of amides is 1. The number of alkyl carbamates (subject to hydrolysis) is 1. The highest BCUT2D eigenvalue weighted by molar-refractivity contribution is 5.69. The molecule has 1 saturated carbocycles. The normalized spacial score (nSPS) is 27.5. The van der Waals surface area contributed by atoms with Gasteiger partial charge in [-0.25, -0.2) is 4.79 Å². The molecule has 20 heavy (non-hydrogen) atoms. The molecular weight excluding hydrogens is 258 g/mol. The standard InChI is InChI=1S/C15H21NO4/c1-14(2)12(18)8-15(14,10-17)16-13(19)20-9-11-6-4-3-5-7-11/h3-7,12,17-18H,8-10H2,1-2H3,(H,16,19). The minimum absolute atomic E-state index is 0.178. The summed E-state index contributed by atoms with van der Waals surface area (Å²) in [6, 6.07) is 9.37. The first kappa shape index (κ1) is 14.8. The van der Waals surface area contributed by atoms with Crippen LogP contribution in [0.1, 0.15) is 25.8 Å². The number of aliphatic hydroxyl groups is 2. The summed E-state index contributed by atoms with van der Waals surface area (Å²) in [5.41, 5.74) is -0.498. The molecule has 0 radical (unpaired) electrons. The molecule has 2 unspecified atom stereocenters. The zero-order valence-electron chi connectivity index (χ0n) is 11.8. The van der Waals surface area contributed by atoms with Crippen LogP contribution in [0, 0.1) is 5.41 Å². The van der Waals surface area contributed by atoms with Gasteiger partial charge in [0.2, 0.25) is 0 Å². The van der Waals surface area contributed by atoms with Crippen LogP contribution in [0.4, 0.5) is 4.79 Å². The van der Waals surface area contributed by atoms with E-state index in [0.29, 0.717) is 6.42 Å². The lowest BCUT2D eigenvalue weighted by Crippen LogP contribution is -2.73. The van der Waals surface area contributed by atoms with Gasteiger partial charge in [0, 0.05) is 5.41 Å². The zero-order valence-corrected chi connectivity index (χ0v) is 11.8. The molecule has 1 fully saturated rings. The Morgan fingerprint density at radius 3 is 2.55 bits per heavy atom. The van der Waals surface area contributed by atoms with Crippen molar-refractivity contribution in [1.82, 2.24) is 5.32 Å². The monoisotopic (exact) mass is 279 g/mol. The third kappa shape index (κ3) is 2.51. The number of rotatable bonds is 4. The van der Waals surface area contributed by atoms with Crippen LogP contribution < -0.4 is 5.32 Å². The molecule has 5 heteroatoms. The molecule has 0 aliphatic heterocycles. The minimum atomic E-state index is -0.819. The SMILES string of the molecule is CC1(C)C(O)CC1(CO)NC(=O)OCc1ccccc1. The van der Waals surface area contributed by atoms with Gasteiger partial charge in [-0.1, -0.05) is 44.2 Å². The maximum atomic E-state index is 11.9. The number of aliphatic hydroxyl groups excluding tert-OH is 2. The highest BCUT2D eigenvalue weighted by Crippen LogP contribution is 2.49. The average Bonchev–Trinajstić information content (AvgIpc) is 2.45. The smallest absolute Gasteiger partial charge is 0.408 e. The first-order valence-electron chi connectivity index (χ1n) is 6.69. The average molecular weight is 279 g/mol. The van der Waals surface area contributed by atoms with Gasteiger partial charge in [-0.05, 0) is 12.0 Å². The van der Waals surface area contributed by atoms with Crippen molar-refractivity contribution in [3.8, 4) is 0 Å². The van der Waals surface area contributed by atoms with E-state index in [1.807, 2.05) is 44.2 Å². The molecule has 2 rings (SSSR count). The van der Waals surface area contributed by atoms with E-state index in [1.54, 1.807) is 0 Å². The quantitative estimate of drug-likeness (QED) is 0.779. The van der Waals surface area contributed by atoms with Gasteiger partial charge in [-0.2, -0.15) is 0 Å². The van der Waals surface area contributed by atoms with Gasteiger partial charge in [0.05, 0.1) is 18.2 Å². The van der Waals surface area contributed by atoms with E-state index in [2.05, 4.69) is 5.32 Å². The second kappa shape index (κ2) is 5.42. The first-order chi connectivity index (χ1) is 9.41. The van der Waals surface area contributed by atoms with Crippen molar-refractivity contribution in [2.75, 3.05) is 6.61 Å². The Balaban J connectivity index is 1.91. The second-order valence-electron chi connectivity index (χ2n) is 5.87. The molecule has 0 bridgehead atoms. The van der Waals surface area contributed by atoms with Crippen LogP contribution >= 0.6 is 0 Å². The van der Waals surface area contributed by atoms with Gasteiger partial charge in [0.1, 0.15) is 6.61 Å². The van der Waals surface area contributed by atoms with Crippen LogP contribution in [-0.4, -0.2) is 34.6 Å². The van der Waals surface area contributed by atoms with Gasteiger partial charge in [0.25, 0.3) is 0 Å². The summed E-state index contributed by atoms with van der Waals surface area (Å²) in [5, 5.41) is 22.0. The van der Waals surface area contributed by atoms with Gasteiger partial charge >= 0.3 is 6.09 Å². The Kier molecular flexibility index (Phi) is 4.01. The van der Waals surface area contributed by atoms with Gasteiger partial charge < -0.3 is 20.3 Å². The van der Waals surface area contributed by atoms with E-state index >= 15 is 0 Å². The predicted molar refractivity (Wildman–Crippen MR) is 74.0 cm³/mol. The summed E-state index contributed by atoms with van der Waals surface area (Å²) in [7, 11) is 0. The Hall–Kier alpha value is -1.59. The summed E-state index contributed by atoms with van der Waals surface area (Å²) in [6.07, 6.45) is -0.788. The highest BCUT2D eigenvalue weighted by atomic mass is 16.5. The maximum absolute atomic E-state index is 11.9. The number of benzene rings is 1. The molecule has 110 valence electrons. The molecule has 1 amide bonds. The number of hydrogen-bond acceptors (Lipinski definition) is 4. The van der Waals surface area contributed by atoms with Crippen LogP contribution in [-0.2, 0) is 11.3 Å². The van der Waals surface area contributed by atoms with Gasteiger partial charge in [-0.15, -0.1) is 0 Å². The molecule has 1 aromatic rings. The Morgan fingerprint density at radius 1 is 1.40 bits per heavy atom. The van der Waals surface area contributed by atoms with E-state index in [-0.39, 0.29) is 13.2 Å². The van der Waals surface area contributed by atoms with Crippen molar-refractivity contribution < 1.29 is 19.7 Å². The maximum Gasteiger partial charge on any atom is 0.408 e. The minimum Gasteiger partial charge on any atom is -0.445 e. The molecule has 2 atom stereocenters. The van der Waals surface area contributed by atoms with Crippen molar-refractivity contribution in [1.29, 1.82) is 0 Å². The fourth-order valence-electron chi connectivity index (χ4n) is 2.51. The fraction of sp³-hybridized carbons (Fsp3) is 0.533. The van der Waals surface area contributed by atoms with Crippen LogP contribution in [0.25, 0.3) is 0 Å². The fourth-order valence-corrected chi connectivity index (χ4v) is 2.51. The Bertz CT molecular complexity index is 474. The van der Waals surface area contributed by atoms with Gasteiger partial charge in [-0.3, -0.25) is 0 Å². The predicted octanol–water partition coefficient (Wildman–Crippen LogP) is 1.43. The van der Waals surface area contributed by atoms with Crippen molar-refractivity contribution in [2.24, 2.45) is 5.41 Å². The summed E-state index contributed by atoms with van der Waals surface area (Å²) < 4.78 is 5.15. The lowest BCUT2D eigenvalue weighted by Gasteiger charge is -2.58. The number of carbonyl (C=O) groups is 1. The lowest BCUT2D eigenvalue weighted by atomic mass is 9.54. The molecule has 3 N–H and O–H groups in total. The number of hydrogen-bond donors (Lipinski definition) is 3. The summed E-state index contributed by atoms with van der Waals surface area (Å²) in [5.74, 6) is 0. The number of carbonyl (C=O) groups excluding carboxylic acids is 1. The third-order valence-corrected chi connectivity index (χ3v) is 4.43. The molecule has 1 aromatic carbocycles. The molecule has 0 heterocycles. The molecule has 5 nitrogen and oxygen atoms in total. The number of ether oxygens (including phenoxy) is 1. The molecule has 0 saturated heterocycles. The lowest BCUT2D eigenvalue weighted by molar-refractivity contribution is -0.148. The summed E-state index contributed by atoms with van der Waals surface area (Å²) in [6.45, 7) is 3.58. The van der Waals surface area contributed by atoms with Crippen molar-refractivity contribution in [3.05, 3.63) is 35.9 Å². The molecule has 1 aliphatic carbocycles. The molecule has 0 aromatic heterocycles. The van der Waals surface area contributed by atoms with E-state index < -0.39 is 23.2 Å². The molecule has 1 aliphatic rings. The number of nitrogens with one attached hydrogen (secondary N) is 1. The summed E-state index contributed by atoms with van der Waals surface area (Å²) >= 11 is 0. The third-order valence-electron chi connectivity index (χ3n) is 4.43. The molecule has 0 spiro atoms. The van der Waals surface area contributed by atoms with Crippen molar-refractivity contribution >= 4 is 6.09 Å².